The topological polar surface area (TPSA) is 66.8 Å². The molecule has 0 saturated carbocycles. The minimum Gasteiger partial charge on any atom is -0.469 e. The van der Waals surface area contributed by atoms with Gasteiger partial charge in [0.05, 0.1) is 19.1 Å². The van der Waals surface area contributed by atoms with E-state index in [9.17, 15) is 9.59 Å². The SMILES string of the molecule is COC(=O)C1CC(=O)N(CC(C)O)C1. The average Bonchev–Trinajstić information content (AvgIpc) is 2.46. The highest BCUT2D eigenvalue weighted by Crippen LogP contribution is 2.18. The summed E-state index contributed by atoms with van der Waals surface area (Å²) in [6, 6.07) is 0. The van der Waals surface area contributed by atoms with E-state index in [0.29, 0.717) is 6.54 Å². The number of methoxy groups -OCH3 is 1. The molecule has 1 amide bonds. The number of hydrogen-bond acceptors (Lipinski definition) is 4. The van der Waals surface area contributed by atoms with Gasteiger partial charge >= 0.3 is 5.97 Å². The maximum Gasteiger partial charge on any atom is 0.310 e. The molecule has 14 heavy (non-hydrogen) atoms. The van der Waals surface area contributed by atoms with Crippen molar-refractivity contribution in [3.63, 3.8) is 0 Å². The highest BCUT2D eigenvalue weighted by Gasteiger charge is 2.35. The Hall–Kier alpha value is -1.10. The van der Waals surface area contributed by atoms with Crippen LogP contribution < -0.4 is 0 Å². The van der Waals surface area contributed by atoms with E-state index in [1.807, 2.05) is 0 Å². The summed E-state index contributed by atoms with van der Waals surface area (Å²) in [6.45, 7) is 2.25. The third-order valence-corrected chi connectivity index (χ3v) is 2.23. The van der Waals surface area contributed by atoms with Crippen molar-refractivity contribution in [1.29, 1.82) is 0 Å². The number of aliphatic hydroxyl groups is 1. The molecule has 5 heteroatoms. The van der Waals surface area contributed by atoms with Crippen LogP contribution in [0.5, 0.6) is 0 Å². The Labute approximate surface area is 82.6 Å². The van der Waals surface area contributed by atoms with Gasteiger partial charge < -0.3 is 14.7 Å². The molecule has 0 aromatic rings. The zero-order valence-electron chi connectivity index (χ0n) is 8.40. The van der Waals surface area contributed by atoms with Gasteiger partial charge in [0.15, 0.2) is 0 Å². The molecule has 80 valence electrons. The third-order valence-electron chi connectivity index (χ3n) is 2.23. The first kappa shape index (κ1) is 11.0. The standard InChI is InChI=1S/C9H15NO4/c1-6(11)4-10-5-7(3-8(10)12)9(13)14-2/h6-7,11H,3-5H2,1-2H3. The molecule has 5 nitrogen and oxygen atoms in total. The van der Waals surface area contributed by atoms with Crippen LogP contribution in [0.25, 0.3) is 0 Å². The summed E-state index contributed by atoms with van der Waals surface area (Å²) in [6.07, 6.45) is -0.366. The predicted octanol–water partition coefficient (Wildman–Crippen LogP) is -0.611. The van der Waals surface area contributed by atoms with Crippen LogP contribution in [0.2, 0.25) is 0 Å². The van der Waals surface area contributed by atoms with Gasteiger partial charge in [-0.1, -0.05) is 0 Å². The molecular formula is C9H15NO4. The fourth-order valence-electron chi connectivity index (χ4n) is 1.59. The first-order valence-electron chi connectivity index (χ1n) is 4.58. The van der Waals surface area contributed by atoms with Gasteiger partial charge in [-0.2, -0.15) is 0 Å². The number of rotatable bonds is 3. The van der Waals surface area contributed by atoms with E-state index >= 15 is 0 Å². The van der Waals surface area contributed by atoms with E-state index in [1.165, 1.54) is 12.0 Å². The van der Waals surface area contributed by atoms with Crippen LogP contribution in [0.4, 0.5) is 0 Å². The van der Waals surface area contributed by atoms with Gasteiger partial charge in [-0.3, -0.25) is 9.59 Å². The summed E-state index contributed by atoms with van der Waals surface area (Å²) in [5, 5.41) is 9.10. The van der Waals surface area contributed by atoms with E-state index in [4.69, 9.17) is 5.11 Å². The minimum absolute atomic E-state index is 0.0960. The maximum absolute atomic E-state index is 11.3. The molecule has 0 radical (unpaired) electrons. The minimum atomic E-state index is -0.560. The number of carbonyl (C=O) groups excluding carboxylic acids is 2. The van der Waals surface area contributed by atoms with E-state index in [0.717, 1.165) is 0 Å². The van der Waals surface area contributed by atoms with Gasteiger partial charge in [0.2, 0.25) is 5.91 Å². The number of ether oxygens (including phenoxy) is 1. The fraction of sp³-hybridized carbons (Fsp3) is 0.778. The lowest BCUT2D eigenvalue weighted by atomic mass is 10.1. The van der Waals surface area contributed by atoms with Crippen LogP contribution in [0.3, 0.4) is 0 Å². The second-order valence-corrected chi connectivity index (χ2v) is 3.57. The Morgan fingerprint density at radius 1 is 1.79 bits per heavy atom. The van der Waals surface area contributed by atoms with Crippen molar-refractivity contribution in [2.75, 3.05) is 20.2 Å². The fourth-order valence-corrected chi connectivity index (χ4v) is 1.59. The van der Waals surface area contributed by atoms with Crippen molar-refractivity contribution in [2.24, 2.45) is 5.92 Å². The molecule has 0 aromatic carbocycles. The molecule has 1 N–H and O–H groups in total. The number of aliphatic hydroxyl groups excluding tert-OH is 1. The summed E-state index contributed by atoms with van der Waals surface area (Å²) in [5.74, 6) is -0.820. The molecule has 0 aliphatic carbocycles. The third kappa shape index (κ3) is 2.45. The molecule has 2 atom stereocenters. The molecule has 1 heterocycles. The predicted molar refractivity (Wildman–Crippen MR) is 48.4 cm³/mol. The van der Waals surface area contributed by atoms with Gasteiger partial charge in [-0.05, 0) is 6.92 Å². The van der Waals surface area contributed by atoms with E-state index in [2.05, 4.69) is 4.74 Å². The van der Waals surface area contributed by atoms with Crippen LogP contribution >= 0.6 is 0 Å². The van der Waals surface area contributed by atoms with Crippen molar-refractivity contribution in [3.05, 3.63) is 0 Å². The highest BCUT2D eigenvalue weighted by atomic mass is 16.5. The lowest BCUT2D eigenvalue weighted by Crippen LogP contribution is -2.32. The van der Waals surface area contributed by atoms with E-state index < -0.39 is 6.10 Å². The molecule has 1 aliphatic rings. The van der Waals surface area contributed by atoms with Gasteiger partial charge in [-0.25, -0.2) is 0 Å². The Bertz CT molecular complexity index is 239. The van der Waals surface area contributed by atoms with Crippen molar-refractivity contribution in [1.82, 2.24) is 4.90 Å². The molecule has 0 bridgehead atoms. The van der Waals surface area contributed by atoms with Crippen molar-refractivity contribution in [3.8, 4) is 0 Å². The Kier molecular flexibility index (Phi) is 3.46. The Balaban J connectivity index is 2.51. The number of esters is 1. The number of likely N-dealkylation sites (tertiary alicyclic amines) is 1. The highest BCUT2D eigenvalue weighted by molar-refractivity contribution is 5.86. The number of carbonyl (C=O) groups is 2. The number of hydrogen-bond donors (Lipinski definition) is 1. The zero-order chi connectivity index (χ0) is 10.7. The van der Waals surface area contributed by atoms with Gasteiger partial charge in [-0.15, -0.1) is 0 Å². The normalized spacial score (nSPS) is 23.8. The average molecular weight is 201 g/mol. The number of β-amino-alcohol motifs (C(OH)–C–C–N with tert-alkyl or cyclic N) is 1. The molecular weight excluding hydrogens is 186 g/mol. The van der Waals surface area contributed by atoms with Crippen LogP contribution in [-0.4, -0.2) is 48.2 Å². The van der Waals surface area contributed by atoms with Crippen molar-refractivity contribution >= 4 is 11.9 Å². The second-order valence-electron chi connectivity index (χ2n) is 3.57. The molecule has 1 aliphatic heterocycles. The second kappa shape index (κ2) is 4.41. The molecule has 1 fully saturated rings. The molecule has 2 unspecified atom stereocenters. The summed E-state index contributed by atoms with van der Waals surface area (Å²) in [4.78, 5) is 24.0. The number of amides is 1. The van der Waals surface area contributed by atoms with E-state index in [1.54, 1.807) is 6.92 Å². The summed E-state index contributed by atoms with van der Waals surface area (Å²) in [7, 11) is 1.31. The lowest BCUT2D eigenvalue weighted by Gasteiger charge is -2.17. The Morgan fingerprint density at radius 2 is 2.43 bits per heavy atom. The zero-order valence-corrected chi connectivity index (χ0v) is 8.40. The largest absolute Gasteiger partial charge is 0.469 e. The van der Waals surface area contributed by atoms with Gasteiger partial charge in [0.1, 0.15) is 0 Å². The van der Waals surface area contributed by atoms with Crippen molar-refractivity contribution in [2.45, 2.75) is 19.4 Å². The summed E-state index contributed by atoms with van der Waals surface area (Å²) >= 11 is 0. The van der Waals surface area contributed by atoms with Gasteiger partial charge in [0, 0.05) is 19.5 Å². The molecule has 1 rings (SSSR count). The smallest absolute Gasteiger partial charge is 0.310 e. The molecule has 0 aromatic heterocycles. The summed E-state index contributed by atoms with van der Waals surface area (Å²) < 4.78 is 4.56. The lowest BCUT2D eigenvalue weighted by molar-refractivity contribution is -0.145. The first-order chi connectivity index (χ1) is 6.54. The van der Waals surface area contributed by atoms with Crippen LogP contribution in [0.1, 0.15) is 13.3 Å². The number of nitrogens with zero attached hydrogens (tertiary/aromatic N) is 1. The Morgan fingerprint density at radius 3 is 2.93 bits per heavy atom. The van der Waals surface area contributed by atoms with Crippen LogP contribution in [0, 0.1) is 5.92 Å². The quantitative estimate of drug-likeness (QED) is 0.618. The van der Waals surface area contributed by atoms with Crippen LogP contribution in [-0.2, 0) is 14.3 Å². The van der Waals surface area contributed by atoms with Crippen LogP contribution in [0.15, 0.2) is 0 Å². The monoisotopic (exact) mass is 201 g/mol. The van der Waals surface area contributed by atoms with Gasteiger partial charge in [0.25, 0.3) is 0 Å². The molecule has 1 saturated heterocycles. The van der Waals surface area contributed by atoms with Crippen molar-refractivity contribution < 1.29 is 19.4 Å². The van der Waals surface area contributed by atoms with E-state index in [-0.39, 0.29) is 30.8 Å². The first-order valence-corrected chi connectivity index (χ1v) is 4.58. The molecule has 0 spiro atoms. The summed E-state index contributed by atoms with van der Waals surface area (Å²) in [5.41, 5.74) is 0. The maximum atomic E-state index is 11.3.